The summed E-state index contributed by atoms with van der Waals surface area (Å²) in [5, 5.41) is 3.59. The third kappa shape index (κ3) is 9.42. The highest BCUT2D eigenvalue weighted by Gasteiger charge is 2.31. The summed E-state index contributed by atoms with van der Waals surface area (Å²) >= 11 is 3.64. The van der Waals surface area contributed by atoms with Crippen LogP contribution in [-0.4, -0.2) is 41.4 Å². The maximum atomic E-state index is 6.58. The molecule has 5 aromatic rings. The predicted molar refractivity (Wildman–Crippen MR) is 219 cm³/mol. The summed E-state index contributed by atoms with van der Waals surface area (Å²) in [6, 6.07) is 20.0. The minimum Gasteiger partial charge on any atom is -0.497 e. The number of fused-ring (bicyclic) bond motifs is 2. The molecule has 276 valence electrons. The molecule has 0 aliphatic rings. The summed E-state index contributed by atoms with van der Waals surface area (Å²) in [5.74, 6) is 1.62. The van der Waals surface area contributed by atoms with Crippen molar-refractivity contribution >= 4 is 37.7 Å². The van der Waals surface area contributed by atoms with Gasteiger partial charge in [0.1, 0.15) is 11.5 Å². The second-order valence-corrected chi connectivity index (χ2v) is 17.5. The summed E-state index contributed by atoms with van der Waals surface area (Å²) in [7, 11) is 3.52. The summed E-state index contributed by atoms with van der Waals surface area (Å²) in [6.07, 6.45) is 10.4. The maximum Gasteiger partial charge on any atom is 0.123 e. The van der Waals surface area contributed by atoms with E-state index in [1.807, 2.05) is 6.07 Å². The van der Waals surface area contributed by atoms with Crippen molar-refractivity contribution in [3.05, 3.63) is 94.8 Å². The minimum absolute atomic E-state index is 0.0735. The highest BCUT2D eigenvalue weighted by Crippen LogP contribution is 2.45. The fourth-order valence-corrected chi connectivity index (χ4v) is 7.83. The van der Waals surface area contributed by atoms with Crippen molar-refractivity contribution in [3.63, 3.8) is 0 Å². The minimum atomic E-state index is -0.0735. The number of aryl methyl sites for hydroxylation is 4. The first-order valence-corrected chi connectivity index (χ1v) is 19.9. The molecule has 2 heterocycles. The van der Waals surface area contributed by atoms with E-state index in [2.05, 4.69) is 141 Å². The molecule has 0 aliphatic heterocycles. The lowest BCUT2D eigenvalue weighted by atomic mass is 9.78. The van der Waals surface area contributed by atoms with Crippen LogP contribution in [0.1, 0.15) is 107 Å². The Morgan fingerprint density at radius 1 is 0.667 bits per heavy atom. The monoisotopic (exact) mass is 756 g/mol. The van der Waals surface area contributed by atoms with E-state index in [0.29, 0.717) is 0 Å². The van der Waals surface area contributed by atoms with Gasteiger partial charge in [-0.05, 0) is 110 Å². The number of hydrogen-bond acceptors (Lipinski definition) is 3. The van der Waals surface area contributed by atoms with Crippen molar-refractivity contribution < 1.29 is 14.2 Å². The fourth-order valence-electron chi connectivity index (χ4n) is 7.43. The molecule has 0 saturated carbocycles. The molecule has 0 saturated heterocycles. The number of methoxy groups -OCH3 is 2. The number of nitrogens with zero attached hydrogens (tertiary/aromatic N) is 2. The van der Waals surface area contributed by atoms with Crippen molar-refractivity contribution in [3.8, 4) is 11.5 Å². The zero-order valence-electron chi connectivity index (χ0n) is 32.9. The van der Waals surface area contributed by atoms with Gasteiger partial charge in [0.2, 0.25) is 0 Å². The molecule has 0 bridgehead atoms. The van der Waals surface area contributed by atoms with E-state index >= 15 is 0 Å². The Balaban J connectivity index is 1.58. The van der Waals surface area contributed by atoms with Crippen LogP contribution in [0, 0.1) is 24.7 Å². The van der Waals surface area contributed by atoms with E-state index in [-0.39, 0.29) is 22.9 Å². The van der Waals surface area contributed by atoms with Gasteiger partial charge in [0, 0.05) is 70.7 Å². The fraction of sp³-hybridized carbons (Fsp3) is 0.511. The maximum absolute atomic E-state index is 6.58. The van der Waals surface area contributed by atoms with E-state index < -0.39 is 0 Å². The molecule has 0 N–H and O–H groups in total. The Morgan fingerprint density at radius 2 is 1.24 bits per heavy atom. The molecule has 0 fully saturated rings. The topological polar surface area (TPSA) is 37.5 Å². The molecule has 3 aromatic carbocycles. The Morgan fingerprint density at radius 3 is 1.73 bits per heavy atom. The highest BCUT2D eigenvalue weighted by atomic mass is 79.9. The molecule has 5 nitrogen and oxygen atoms in total. The molecule has 2 unspecified atom stereocenters. The van der Waals surface area contributed by atoms with Gasteiger partial charge in [-0.25, -0.2) is 0 Å². The quantitative estimate of drug-likeness (QED) is 0.0743. The van der Waals surface area contributed by atoms with Gasteiger partial charge in [-0.1, -0.05) is 80.7 Å². The number of rotatable bonds is 16. The normalized spacial score (nSPS) is 13.6. The molecule has 0 amide bonds. The molecule has 6 heteroatoms. The molecular formula is C45H61BrN2O3. The lowest BCUT2D eigenvalue weighted by Gasteiger charge is -2.35. The van der Waals surface area contributed by atoms with Crippen LogP contribution in [0.2, 0.25) is 0 Å². The molecule has 5 rings (SSSR count). The van der Waals surface area contributed by atoms with Gasteiger partial charge in [-0.15, -0.1) is 0 Å². The van der Waals surface area contributed by atoms with Crippen molar-refractivity contribution in [1.29, 1.82) is 0 Å². The van der Waals surface area contributed by atoms with Gasteiger partial charge < -0.3 is 23.3 Å². The van der Waals surface area contributed by atoms with Crippen LogP contribution in [0.5, 0.6) is 11.5 Å². The van der Waals surface area contributed by atoms with Crippen LogP contribution in [-0.2, 0) is 17.8 Å². The van der Waals surface area contributed by atoms with Crippen LogP contribution in [0.15, 0.2) is 67.0 Å². The van der Waals surface area contributed by atoms with E-state index in [1.54, 1.807) is 14.2 Å². The van der Waals surface area contributed by atoms with Gasteiger partial charge in [0.15, 0.2) is 0 Å². The standard InChI is InChI=1S/C45H61BrN2O3/c1-31-15-18-39-34(25-31)37(29-47(39)22-12-11-21-46)43(36-27-33(49-9)17-20-41(36)50-10)38-30-48(40-19-16-32(2)26-35(38)40)23-13-14-24-51-42(45(6,7)8)28-44(3,4)5/h15-20,25-27,29-30,42-43H,11-14,21-24,28H2,1-10H3. The molecule has 2 atom stereocenters. The van der Waals surface area contributed by atoms with Crippen LogP contribution >= 0.6 is 15.9 Å². The Hall–Kier alpha value is -3.22. The van der Waals surface area contributed by atoms with Crippen molar-refractivity contribution in [2.45, 2.75) is 113 Å². The van der Waals surface area contributed by atoms with Gasteiger partial charge >= 0.3 is 0 Å². The van der Waals surface area contributed by atoms with Crippen LogP contribution in [0.4, 0.5) is 0 Å². The Labute approximate surface area is 315 Å². The van der Waals surface area contributed by atoms with Crippen molar-refractivity contribution in [2.24, 2.45) is 10.8 Å². The molecule has 0 aliphatic carbocycles. The average Bonchev–Trinajstić information content (AvgIpc) is 3.60. The summed E-state index contributed by atoms with van der Waals surface area (Å²) < 4.78 is 23.4. The zero-order chi connectivity index (χ0) is 36.9. The van der Waals surface area contributed by atoms with Crippen LogP contribution in [0.25, 0.3) is 21.8 Å². The van der Waals surface area contributed by atoms with Crippen molar-refractivity contribution in [2.75, 3.05) is 26.2 Å². The van der Waals surface area contributed by atoms with Gasteiger partial charge in [-0.3, -0.25) is 0 Å². The Kier molecular flexibility index (Phi) is 12.7. The summed E-state index contributed by atoms with van der Waals surface area (Å²) in [5.41, 5.74) is 9.09. The molecule has 0 radical (unpaired) electrons. The third-order valence-corrected chi connectivity index (χ3v) is 10.7. The molecular weight excluding hydrogens is 696 g/mol. The van der Waals surface area contributed by atoms with Crippen LogP contribution < -0.4 is 9.47 Å². The molecule has 2 aromatic heterocycles. The number of unbranched alkanes of at least 4 members (excludes halogenated alkanes) is 2. The summed E-state index contributed by atoms with van der Waals surface area (Å²) in [6.45, 7) is 20.9. The van der Waals surface area contributed by atoms with E-state index in [9.17, 15) is 0 Å². The highest BCUT2D eigenvalue weighted by molar-refractivity contribution is 9.09. The second-order valence-electron chi connectivity index (χ2n) is 16.7. The largest absolute Gasteiger partial charge is 0.497 e. The zero-order valence-corrected chi connectivity index (χ0v) is 34.5. The number of ether oxygens (including phenoxy) is 3. The van der Waals surface area contributed by atoms with Crippen molar-refractivity contribution in [1.82, 2.24) is 9.13 Å². The lowest BCUT2D eigenvalue weighted by Crippen LogP contribution is -2.33. The van der Waals surface area contributed by atoms with E-state index in [0.717, 1.165) is 74.2 Å². The number of aromatic nitrogens is 2. The number of alkyl halides is 1. The van der Waals surface area contributed by atoms with E-state index in [4.69, 9.17) is 14.2 Å². The smallest absolute Gasteiger partial charge is 0.123 e. The number of hydrogen-bond donors (Lipinski definition) is 0. The van der Waals surface area contributed by atoms with E-state index in [1.165, 1.54) is 44.1 Å². The number of benzene rings is 3. The van der Waals surface area contributed by atoms with Gasteiger partial charge in [0.25, 0.3) is 0 Å². The number of halogens is 1. The molecule has 0 spiro atoms. The first kappa shape index (κ1) is 39.0. The third-order valence-electron chi connectivity index (χ3n) is 10.2. The lowest BCUT2D eigenvalue weighted by molar-refractivity contribution is -0.0416. The summed E-state index contributed by atoms with van der Waals surface area (Å²) in [4.78, 5) is 0. The van der Waals surface area contributed by atoms with Gasteiger partial charge in [-0.2, -0.15) is 0 Å². The second kappa shape index (κ2) is 16.6. The Bertz CT molecular complexity index is 1900. The first-order chi connectivity index (χ1) is 24.2. The SMILES string of the molecule is COc1ccc(OC)c(C(c2cn(CCCCBr)c3ccc(C)cc23)c2cn(CCCCOC(CC(C)(C)C)C(C)(C)C)c3ccc(C)cc23)c1. The predicted octanol–water partition coefficient (Wildman–Crippen LogP) is 12.2. The van der Waals surface area contributed by atoms with Crippen LogP contribution in [0.3, 0.4) is 0 Å². The first-order valence-electron chi connectivity index (χ1n) is 18.8. The average molecular weight is 758 g/mol. The molecule has 51 heavy (non-hydrogen) atoms. The van der Waals surface area contributed by atoms with Gasteiger partial charge in [0.05, 0.1) is 20.3 Å².